The van der Waals surface area contributed by atoms with Crippen LogP contribution in [0.2, 0.25) is 0 Å². The van der Waals surface area contributed by atoms with Gasteiger partial charge in [-0.3, -0.25) is 0 Å². The Bertz CT molecular complexity index is 68.8. The van der Waals surface area contributed by atoms with Gasteiger partial charge in [0.1, 0.15) is 0 Å². The summed E-state index contributed by atoms with van der Waals surface area (Å²) in [5.41, 5.74) is 0. The highest BCUT2D eigenvalue weighted by Gasteiger charge is 2.22. The Kier molecular flexibility index (Phi) is 2.11. The van der Waals surface area contributed by atoms with E-state index in [1.165, 1.54) is 11.8 Å². The summed E-state index contributed by atoms with van der Waals surface area (Å²) in [7, 11) is 0. The summed E-state index contributed by atoms with van der Waals surface area (Å²) < 4.78 is 22.8. The van der Waals surface area contributed by atoms with Crippen molar-refractivity contribution in [3.8, 4) is 0 Å². The molecule has 0 amide bonds. The van der Waals surface area contributed by atoms with Crippen molar-refractivity contribution in [3.05, 3.63) is 0 Å². The van der Waals surface area contributed by atoms with Crippen LogP contribution in [0.5, 0.6) is 0 Å². The highest BCUT2D eigenvalue weighted by Crippen LogP contribution is 2.34. The lowest BCUT2D eigenvalue weighted by molar-refractivity contribution is 0.177. The molecule has 3 heteroatoms. The number of rotatable bonds is 3. The Labute approximate surface area is 51.6 Å². The van der Waals surface area contributed by atoms with Crippen LogP contribution in [0.3, 0.4) is 0 Å². The molecule has 8 heavy (non-hydrogen) atoms. The molecule has 0 unspecified atom stereocenters. The van der Waals surface area contributed by atoms with Crippen LogP contribution >= 0.6 is 11.8 Å². The second-order valence-electron chi connectivity index (χ2n) is 1.92. The third-order valence-electron chi connectivity index (χ3n) is 0.982. The Hall–Kier alpha value is 0.210. The summed E-state index contributed by atoms with van der Waals surface area (Å²) in [5.74, 6) is 0.0324. The maximum absolute atomic E-state index is 11.4. The van der Waals surface area contributed by atoms with E-state index in [-0.39, 0.29) is 5.75 Å². The molecule has 0 nitrogen and oxygen atoms in total. The largest absolute Gasteiger partial charge is 0.247 e. The molecule has 1 aliphatic rings. The number of alkyl halides is 2. The smallest absolute Gasteiger partial charge is 0.210 e. The number of hydrogen-bond acceptors (Lipinski definition) is 1. The third-order valence-corrected chi connectivity index (χ3v) is 2.37. The van der Waals surface area contributed by atoms with Crippen molar-refractivity contribution < 1.29 is 8.78 Å². The van der Waals surface area contributed by atoms with Crippen LogP contribution in [0, 0.1) is 0 Å². The molecule has 0 N–H and O–H groups in total. The van der Waals surface area contributed by atoms with Gasteiger partial charge in [0.2, 0.25) is 6.43 Å². The summed E-state index contributed by atoms with van der Waals surface area (Å²) in [4.78, 5) is 0. The molecular formula is C5H8F2S. The maximum Gasteiger partial charge on any atom is 0.247 e. The quantitative estimate of drug-likeness (QED) is 0.575. The maximum atomic E-state index is 11.4. The molecule has 0 heterocycles. The minimum Gasteiger partial charge on any atom is -0.210 e. The molecule has 0 aromatic heterocycles. The summed E-state index contributed by atoms with van der Waals surface area (Å²) in [6.07, 6.45) is 0.190. The topological polar surface area (TPSA) is 0 Å². The second-order valence-corrected chi connectivity index (χ2v) is 3.26. The lowest BCUT2D eigenvalue weighted by atomic mass is 10.9. The van der Waals surface area contributed by atoms with E-state index in [0.29, 0.717) is 5.25 Å². The lowest BCUT2D eigenvalue weighted by Gasteiger charge is -1.94. The molecule has 1 aliphatic carbocycles. The molecule has 0 atom stereocenters. The van der Waals surface area contributed by atoms with Gasteiger partial charge < -0.3 is 0 Å². The molecule has 0 spiro atoms. The average Bonchev–Trinajstić information content (AvgIpc) is 2.41. The first-order valence-corrected chi connectivity index (χ1v) is 3.73. The first-order valence-electron chi connectivity index (χ1n) is 2.69. The van der Waals surface area contributed by atoms with Crippen LogP contribution in [0.1, 0.15) is 12.8 Å². The molecular weight excluding hydrogens is 130 g/mol. The average molecular weight is 138 g/mol. The number of hydrogen-bond donors (Lipinski definition) is 0. The predicted molar refractivity (Wildman–Crippen MR) is 31.5 cm³/mol. The van der Waals surface area contributed by atoms with Crippen molar-refractivity contribution in [1.29, 1.82) is 0 Å². The van der Waals surface area contributed by atoms with Gasteiger partial charge in [0.15, 0.2) is 0 Å². The number of halogens is 2. The molecule has 0 aromatic rings. The monoisotopic (exact) mass is 138 g/mol. The minimum atomic E-state index is -2.11. The Morgan fingerprint density at radius 1 is 1.50 bits per heavy atom. The van der Waals surface area contributed by atoms with Crippen molar-refractivity contribution in [2.75, 3.05) is 5.75 Å². The van der Waals surface area contributed by atoms with E-state index in [0.717, 1.165) is 12.8 Å². The van der Waals surface area contributed by atoms with E-state index in [1.807, 2.05) is 0 Å². The van der Waals surface area contributed by atoms with Gasteiger partial charge >= 0.3 is 0 Å². The van der Waals surface area contributed by atoms with Gasteiger partial charge in [-0.1, -0.05) is 0 Å². The normalized spacial score (nSPS) is 19.9. The van der Waals surface area contributed by atoms with E-state index in [4.69, 9.17) is 0 Å². The fourth-order valence-electron chi connectivity index (χ4n) is 0.444. The molecule has 0 aliphatic heterocycles. The molecule has 0 aromatic carbocycles. The van der Waals surface area contributed by atoms with Gasteiger partial charge in [0, 0.05) is 5.25 Å². The van der Waals surface area contributed by atoms with Crippen molar-refractivity contribution in [2.24, 2.45) is 0 Å². The highest BCUT2D eigenvalue weighted by molar-refractivity contribution is 8.00. The summed E-state index contributed by atoms with van der Waals surface area (Å²) in [6.45, 7) is 0. The lowest BCUT2D eigenvalue weighted by Crippen LogP contribution is -1.94. The Balaban J connectivity index is 1.87. The molecule has 0 bridgehead atoms. The fourth-order valence-corrected chi connectivity index (χ4v) is 1.33. The van der Waals surface area contributed by atoms with Crippen LogP contribution < -0.4 is 0 Å². The zero-order valence-corrected chi connectivity index (χ0v) is 5.26. The summed E-state index contributed by atoms with van der Waals surface area (Å²) in [6, 6.07) is 0. The van der Waals surface area contributed by atoms with E-state index in [1.54, 1.807) is 0 Å². The third kappa shape index (κ3) is 2.50. The van der Waals surface area contributed by atoms with Crippen LogP contribution in [-0.2, 0) is 0 Å². The van der Waals surface area contributed by atoms with E-state index in [2.05, 4.69) is 0 Å². The van der Waals surface area contributed by atoms with Gasteiger partial charge in [-0.05, 0) is 12.8 Å². The molecule has 1 saturated carbocycles. The molecule has 1 rings (SSSR count). The number of thioether (sulfide) groups is 1. The van der Waals surface area contributed by atoms with Crippen molar-refractivity contribution >= 4 is 11.8 Å². The van der Waals surface area contributed by atoms with Crippen LogP contribution in [-0.4, -0.2) is 17.4 Å². The zero-order chi connectivity index (χ0) is 5.98. The fraction of sp³-hybridized carbons (Fsp3) is 1.00. The molecule has 48 valence electrons. The van der Waals surface area contributed by atoms with Crippen molar-refractivity contribution in [1.82, 2.24) is 0 Å². The molecule has 0 radical (unpaired) electrons. The molecule has 0 saturated heterocycles. The van der Waals surface area contributed by atoms with Crippen molar-refractivity contribution in [3.63, 3.8) is 0 Å². The van der Waals surface area contributed by atoms with Gasteiger partial charge in [-0.2, -0.15) is 11.8 Å². The van der Waals surface area contributed by atoms with E-state index >= 15 is 0 Å². The summed E-state index contributed by atoms with van der Waals surface area (Å²) >= 11 is 1.40. The van der Waals surface area contributed by atoms with Gasteiger partial charge in [-0.25, -0.2) is 8.78 Å². The summed E-state index contributed by atoms with van der Waals surface area (Å²) in [5, 5.41) is 0.573. The van der Waals surface area contributed by atoms with E-state index < -0.39 is 6.43 Å². The van der Waals surface area contributed by atoms with Gasteiger partial charge in [-0.15, -0.1) is 0 Å². The van der Waals surface area contributed by atoms with Gasteiger partial charge in [0.25, 0.3) is 0 Å². The minimum absolute atomic E-state index is 0.0324. The molecule has 1 fully saturated rings. The predicted octanol–water partition coefficient (Wildman–Crippen LogP) is 2.15. The van der Waals surface area contributed by atoms with Crippen LogP contribution in [0.25, 0.3) is 0 Å². The van der Waals surface area contributed by atoms with E-state index in [9.17, 15) is 8.78 Å². The first kappa shape index (κ1) is 6.33. The Morgan fingerprint density at radius 2 is 2.12 bits per heavy atom. The second kappa shape index (κ2) is 2.67. The zero-order valence-electron chi connectivity index (χ0n) is 4.44. The Morgan fingerprint density at radius 3 is 2.50 bits per heavy atom. The standard InChI is InChI=1S/C5H8F2S/c6-5(7)3-8-4-1-2-4/h4-5H,1-3H2. The van der Waals surface area contributed by atoms with Gasteiger partial charge in [0.05, 0.1) is 5.75 Å². The SMILES string of the molecule is FC(F)CSC1CC1. The van der Waals surface area contributed by atoms with Crippen LogP contribution in [0.4, 0.5) is 8.78 Å². The van der Waals surface area contributed by atoms with Crippen molar-refractivity contribution in [2.45, 2.75) is 24.5 Å². The highest BCUT2D eigenvalue weighted by atomic mass is 32.2. The first-order chi connectivity index (χ1) is 3.79. The van der Waals surface area contributed by atoms with Crippen LogP contribution in [0.15, 0.2) is 0 Å².